The van der Waals surface area contributed by atoms with E-state index in [-0.39, 0.29) is 12.0 Å². The minimum absolute atomic E-state index is 0.0353. The maximum absolute atomic E-state index is 12.0. The number of benzene rings is 1. The molecule has 0 radical (unpaired) electrons. The first-order valence-electron chi connectivity index (χ1n) is 11.4. The van der Waals surface area contributed by atoms with Crippen LogP contribution in [0.4, 0.5) is 10.5 Å². The van der Waals surface area contributed by atoms with Crippen LogP contribution in [-0.4, -0.2) is 49.7 Å². The Morgan fingerprint density at radius 3 is 2.78 bits per heavy atom. The maximum atomic E-state index is 12.0. The predicted octanol–water partition coefficient (Wildman–Crippen LogP) is 4.43. The molecule has 1 aromatic carbocycles. The van der Waals surface area contributed by atoms with Crippen molar-refractivity contribution < 1.29 is 9.90 Å². The van der Waals surface area contributed by atoms with E-state index in [4.69, 9.17) is 16.6 Å². The van der Waals surface area contributed by atoms with E-state index >= 15 is 0 Å². The van der Waals surface area contributed by atoms with Crippen LogP contribution in [0.2, 0.25) is 5.02 Å². The van der Waals surface area contributed by atoms with Crippen LogP contribution in [0.25, 0.3) is 11.0 Å². The number of nitrogens with one attached hydrogen (secondary N) is 1. The largest absolute Gasteiger partial charge is 0.465 e. The molecule has 2 N–H and O–H groups in total. The summed E-state index contributed by atoms with van der Waals surface area (Å²) in [6.45, 7) is 6.80. The van der Waals surface area contributed by atoms with Crippen molar-refractivity contribution in [2.24, 2.45) is 0 Å². The second-order valence-electron chi connectivity index (χ2n) is 9.07. The molecule has 5 rings (SSSR count). The Bertz CT molecular complexity index is 1150. The number of piperidine rings is 1. The number of hydrogen-bond donors (Lipinski definition) is 2. The molecule has 2 aliphatic heterocycles. The lowest BCUT2D eigenvalue weighted by Crippen LogP contribution is -2.41. The summed E-state index contributed by atoms with van der Waals surface area (Å²) in [6.07, 6.45) is 6.33. The van der Waals surface area contributed by atoms with Crippen LogP contribution in [0, 0.1) is 0 Å². The van der Waals surface area contributed by atoms with Gasteiger partial charge in [-0.3, -0.25) is 9.58 Å². The fourth-order valence-electron chi connectivity index (χ4n) is 5.30. The first-order chi connectivity index (χ1) is 15.4. The van der Waals surface area contributed by atoms with Crippen molar-refractivity contribution in [1.29, 1.82) is 0 Å². The molecule has 3 aromatic rings. The number of rotatable bonds is 4. The van der Waals surface area contributed by atoms with Crippen LogP contribution >= 0.6 is 11.6 Å². The lowest BCUT2D eigenvalue weighted by atomic mass is 9.95. The molecule has 0 unspecified atom stereocenters. The van der Waals surface area contributed by atoms with E-state index in [0.29, 0.717) is 17.6 Å². The molecule has 170 valence electrons. The third-order valence-electron chi connectivity index (χ3n) is 6.87. The molecule has 32 heavy (non-hydrogen) atoms. The lowest BCUT2D eigenvalue weighted by molar-refractivity contribution is 0.198. The van der Waals surface area contributed by atoms with E-state index in [9.17, 15) is 9.90 Å². The Balaban J connectivity index is 1.64. The second kappa shape index (κ2) is 8.41. The average Bonchev–Trinajstić information content (AvgIpc) is 3.37. The van der Waals surface area contributed by atoms with Gasteiger partial charge in [0.15, 0.2) is 0 Å². The highest BCUT2D eigenvalue weighted by molar-refractivity contribution is 6.30. The zero-order valence-corrected chi connectivity index (χ0v) is 19.2. The molecule has 1 fully saturated rings. The lowest BCUT2D eigenvalue weighted by Gasteiger charge is -2.33. The summed E-state index contributed by atoms with van der Waals surface area (Å²) in [7, 11) is 0. The number of carbonyl (C=O) groups is 1. The van der Waals surface area contributed by atoms with Crippen LogP contribution < -0.4 is 10.2 Å². The summed E-state index contributed by atoms with van der Waals surface area (Å²) in [5.41, 5.74) is 3.87. The normalized spacial score (nSPS) is 20.5. The molecule has 0 aliphatic carbocycles. The number of anilines is 1. The van der Waals surface area contributed by atoms with Gasteiger partial charge in [-0.2, -0.15) is 5.10 Å². The van der Waals surface area contributed by atoms with Crippen LogP contribution in [-0.2, 0) is 13.0 Å². The zero-order valence-electron chi connectivity index (χ0n) is 18.5. The van der Waals surface area contributed by atoms with Crippen LogP contribution in [0.5, 0.6) is 0 Å². The van der Waals surface area contributed by atoms with Crippen molar-refractivity contribution in [3.05, 3.63) is 40.9 Å². The summed E-state index contributed by atoms with van der Waals surface area (Å²) in [5, 5.41) is 18.2. The number of nitrogens with zero attached hydrogens (tertiary/aromatic N) is 5. The van der Waals surface area contributed by atoms with Crippen molar-refractivity contribution in [1.82, 2.24) is 24.6 Å². The molecule has 1 amide bonds. The van der Waals surface area contributed by atoms with Gasteiger partial charge in [0, 0.05) is 29.8 Å². The molecule has 0 spiro atoms. The number of fused-ring (bicyclic) bond motifs is 3. The molecule has 2 atom stereocenters. The van der Waals surface area contributed by atoms with Gasteiger partial charge in [-0.25, -0.2) is 9.78 Å². The maximum Gasteiger partial charge on any atom is 0.412 e. The summed E-state index contributed by atoms with van der Waals surface area (Å²) >= 11 is 6.07. The molecular formula is C23H29ClN6O2. The van der Waals surface area contributed by atoms with Gasteiger partial charge in [-0.15, -0.1) is 0 Å². The first kappa shape index (κ1) is 21.3. The van der Waals surface area contributed by atoms with Gasteiger partial charge >= 0.3 is 6.09 Å². The first-order valence-corrected chi connectivity index (χ1v) is 11.8. The highest BCUT2D eigenvalue weighted by Crippen LogP contribution is 2.39. The number of carboxylic acid groups (broad SMARTS) is 1. The Morgan fingerprint density at radius 1 is 1.31 bits per heavy atom. The van der Waals surface area contributed by atoms with Gasteiger partial charge in [-0.1, -0.05) is 18.5 Å². The minimum Gasteiger partial charge on any atom is -0.465 e. The minimum atomic E-state index is -0.903. The Kier molecular flexibility index (Phi) is 5.59. The molecule has 2 aliphatic rings. The molecule has 4 heterocycles. The smallest absolute Gasteiger partial charge is 0.412 e. The third-order valence-corrected chi connectivity index (χ3v) is 7.06. The number of amides is 1. The van der Waals surface area contributed by atoms with Gasteiger partial charge in [0.25, 0.3) is 0 Å². The fourth-order valence-corrected chi connectivity index (χ4v) is 5.46. The van der Waals surface area contributed by atoms with Crippen molar-refractivity contribution in [3.8, 4) is 0 Å². The molecule has 8 nitrogen and oxygen atoms in total. The molecule has 9 heteroatoms. The Hall–Kier alpha value is -2.58. The Morgan fingerprint density at radius 2 is 2.09 bits per heavy atom. The number of halogens is 1. The van der Waals surface area contributed by atoms with Crippen LogP contribution in [0.1, 0.15) is 56.5 Å². The molecule has 0 saturated carbocycles. The quantitative estimate of drug-likeness (QED) is 0.606. The molecule has 1 saturated heterocycles. The van der Waals surface area contributed by atoms with Crippen molar-refractivity contribution >= 4 is 34.4 Å². The van der Waals surface area contributed by atoms with Crippen molar-refractivity contribution in [2.45, 2.75) is 64.1 Å². The molecule has 0 bridgehead atoms. The molecule has 2 aromatic heterocycles. The van der Waals surface area contributed by atoms with E-state index in [0.717, 1.165) is 66.9 Å². The number of imidazole rings is 1. The topological polar surface area (TPSA) is 88.2 Å². The summed E-state index contributed by atoms with van der Waals surface area (Å²) in [5.74, 6) is 1.16. The Labute approximate surface area is 192 Å². The van der Waals surface area contributed by atoms with Gasteiger partial charge in [-0.05, 0) is 57.8 Å². The van der Waals surface area contributed by atoms with Gasteiger partial charge in [0.2, 0.25) is 0 Å². The number of aromatic nitrogens is 4. The standard InChI is InChI=1S/C23H29ClN6O2/c1-14(12-28-13-16(24)11-26-28)22-27-21-18-4-3-15(2)29(23(31)32)19(18)5-6-20(21)30(22)17-7-9-25-10-8-17/h5-6,11,13-15,17,25H,3-4,7-10,12H2,1-2H3,(H,31,32)/t14-,15+/m1/s1. The van der Waals surface area contributed by atoms with Crippen molar-refractivity contribution in [3.63, 3.8) is 0 Å². The molecular weight excluding hydrogens is 428 g/mol. The van der Waals surface area contributed by atoms with E-state index < -0.39 is 6.09 Å². The van der Waals surface area contributed by atoms with Gasteiger partial charge in [0.1, 0.15) is 5.82 Å². The highest BCUT2D eigenvalue weighted by atomic mass is 35.5. The fraction of sp³-hybridized carbons (Fsp3) is 0.522. The van der Waals surface area contributed by atoms with Crippen molar-refractivity contribution in [2.75, 3.05) is 18.0 Å². The summed E-state index contributed by atoms with van der Waals surface area (Å²) < 4.78 is 4.28. The van der Waals surface area contributed by atoms with Gasteiger partial charge < -0.3 is 15.0 Å². The number of hydrogen-bond acceptors (Lipinski definition) is 4. The van der Waals surface area contributed by atoms with E-state index in [2.05, 4.69) is 28.0 Å². The van der Waals surface area contributed by atoms with E-state index in [1.54, 1.807) is 6.20 Å². The van der Waals surface area contributed by atoms with E-state index in [1.165, 1.54) is 4.90 Å². The summed E-state index contributed by atoms with van der Waals surface area (Å²) in [6, 6.07) is 4.38. The number of aryl methyl sites for hydroxylation is 1. The van der Waals surface area contributed by atoms with Gasteiger partial charge in [0.05, 0.1) is 34.5 Å². The monoisotopic (exact) mass is 456 g/mol. The predicted molar refractivity (Wildman–Crippen MR) is 125 cm³/mol. The van der Waals surface area contributed by atoms with Crippen LogP contribution in [0.3, 0.4) is 0 Å². The zero-order chi connectivity index (χ0) is 22.4. The second-order valence-corrected chi connectivity index (χ2v) is 9.51. The van der Waals surface area contributed by atoms with Crippen LogP contribution in [0.15, 0.2) is 24.5 Å². The highest BCUT2D eigenvalue weighted by Gasteiger charge is 2.32. The third kappa shape index (κ3) is 3.65. The average molecular weight is 457 g/mol. The summed E-state index contributed by atoms with van der Waals surface area (Å²) in [4.78, 5) is 18.6. The van der Waals surface area contributed by atoms with E-state index in [1.807, 2.05) is 23.9 Å². The SMILES string of the molecule is C[C@H](Cn1cc(Cl)cn1)c1nc2c3c(ccc2n1C1CCNCC1)N(C(=O)O)[C@@H](C)CC3.